The fraction of sp³-hybridized carbons (Fsp3) is 0.529. The van der Waals surface area contributed by atoms with Crippen LogP contribution in [0.1, 0.15) is 18.3 Å². The standard InChI is InChI=1S/C17H24N4OS/c1-2-20-9-11-21(12-10-20)17-18-16(19-23-17)8-13-22-14-15-6-4-3-5-7-15/h3-7H,2,8-14H2,1H3. The Morgan fingerprint density at radius 2 is 1.91 bits per heavy atom. The quantitative estimate of drug-likeness (QED) is 0.729. The van der Waals surface area contributed by atoms with E-state index in [9.17, 15) is 0 Å². The molecule has 0 saturated carbocycles. The first-order valence-electron chi connectivity index (χ1n) is 8.26. The van der Waals surface area contributed by atoms with E-state index in [2.05, 4.69) is 38.2 Å². The second-order valence-corrected chi connectivity index (χ2v) is 6.43. The van der Waals surface area contributed by atoms with Gasteiger partial charge >= 0.3 is 0 Å². The molecule has 1 fully saturated rings. The number of anilines is 1. The molecule has 0 bridgehead atoms. The van der Waals surface area contributed by atoms with Crippen LogP contribution in [-0.4, -0.2) is 53.6 Å². The van der Waals surface area contributed by atoms with Gasteiger partial charge in [-0.05, 0) is 12.1 Å². The van der Waals surface area contributed by atoms with Gasteiger partial charge in [0.15, 0.2) is 0 Å². The van der Waals surface area contributed by atoms with Crippen LogP contribution < -0.4 is 4.90 Å². The van der Waals surface area contributed by atoms with Crippen molar-refractivity contribution in [1.29, 1.82) is 0 Å². The lowest BCUT2D eigenvalue weighted by Gasteiger charge is -2.33. The maximum Gasteiger partial charge on any atom is 0.205 e. The maximum absolute atomic E-state index is 5.71. The van der Waals surface area contributed by atoms with Crippen molar-refractivity contribution in [2.45, 2.75) is 20.0 Å². The fourth-order valence-electron chi connectivity index (χ4n) is 2.66. The minimum atomic E-state index is 0.650. The molecular weight excluding hydrogens is 308 g/mol. The smallest absolute Gasteiger partial charge is 0.205 e. The van der Waals surface area contributed by atoms with Crippen molar-refractivity contribution in [3.05, 3.63) is 41.7 Å². The summed E-state index contributed by atoms with van der Waals surface area (Å²) in [4.78, 5) is 9.48. The van der Waals surface area contributed by atoms with Crippen LogP contribution in [-0.2, 0) is 17.8 Å². The van der Waals surface area contributed by atoms with E-state index < -0.39 is 0 Å². The first-order valence-corrected chi connectivity index (χ1v) is 9.04. The van der Waals surface area contributed by atoms with E-state index in [0.717, 1.165) is 50.1 Å². The number of ether oxygens (including phenoxy) is 1. The topological polar surface area (TPSA) is 41.5 Å². The van der Waals surface area contributed by atoms with Gasteiger partial charge in [0, 0.05) is 44.1 Å². The summed E-state index contributed by atoms with van der Waals surface area (Å²) in [5.41, 5.74) is 1.20. The Kier molecular flexibility index (Phi) is 5.96. The molecule has 2 aromatic rings. The zero-order chi connectivity index (χ0) is 15.9. The lowest BCUT2D eigenvalue weighted by molar-refractivity contribution is 0.123. The Labute approximate surface area is 142 Å². The Morgan fingerprint density at radius 3 is 2.65 bits per heavy atom. The normalized spacial score (nSPS) is 16.0. The van der Waals surface area contributed by atoms with Crippen molar-refractivity contribution < 1.29 is 4.74 Å². The highest BCUT2D eigenvalue weighted by Gasteiger charge is 2.18. The summed E-state index contributed by atoms with van der Waals surface area (Å²) >= 11 is 1.51. The van der Waals surface area contributed by atoms with E-state index in [0.29, 0.717) is 13.2 Å². The molecule has 1 aromatic carbocycles. The summed E-state index contributed by atoms with van der Waals surface area (Å²) in [6, 6.07) is 10.2. The molecule has 1 aromatic heterocycles. The summed E-state index contributed by atoms with van der Waals surface area (Å²) in [7, 11) is 0. The third-order valence-electron chi connectivity index (χ3n) is 4.13. The van der Waals surface area contributed by atoms with E-state index >= 15 is 0 Å². The minimum absolute atomic E-state index is 0.650. The molecule has 1 aliphatic heterocycles. The summed E-state index contributed by atoms with van der Waals surface area (Å²) < 4.78 is 10.2. The van der Waals surface area contributed by atoms with Crippen LogP contribution in [0.4, 0.5) is 5.13 Å². The van der Waals surface area contributed by atoms with Gasteiger partial charge in [0.2, 0.25) is 5.13 Å². The van der Waals surface area contributed by atoms with Crippen molar-refractivity contribution in [2.75, 3.05) is 44.2 Å². The Hall–Kier alpha value is -1.50. The Balaban J connectivity index is 1.41. The minimum Gasteiger partial charge on any atom is -0.376 e. The van der Waals surface area contributed by atoms with Crippen molar-refractivity contribution in [3.8, 4) is 0 Å². The highest BCUT2D eigenvalue weighted by Crippen LogP contribution is 2.19. The van der Waals surface area contributed by atoms with Gasteiger partial charge in [-0.1, -0.05) is 37.3 Å². The summed E-state index contributed by atoms with van der Waals surface area (Å²) in [6.45, 7) is 8.99. The zero-order valence-corrected chi connectivity index (χ0v) is 14.5. The average Bonchev–Trinajstić information content (AvgIpc) is 3.09. The number of rotatable bonds is 7. The third kappa shape index (κ3) is 4.73. The Bertz CT molecular complexity index is 581. The number of aromatic nitrogens is 2. The second kappa shape index (κ2) is 8.38. The van der Waals surface area contributed by atoms with Gasteiger partial charge in [-0.2, -0.15) is 4.37 Å². The molecule has 0 aliphatic carbocycles. The molecule has 0 spiro atoms. The van der Waals surface area contributed by atoms with Gasteiger partial charge in [-0.25, -0.2) is 4.98 Å². The van der Waals surface area contributed by atoms with E-state index in [1.165, 1.54) is 17.1 Å². The van der Waals surface area contributed by atoms with E-state index in [-0.39, 0.29) is 0 Å². The SMILES string of the molecule is CCN1CCN(c2nc(CCOCc3ccccc3)ns2)CC1. The van der Waals surface area contributed by atoms with Crippen molar-refractivity contribution in [3.63, 3.8) is 0 Å². The largest absolute Gasteiger partial charge is 0.376 e. The van der Waals surface area contributed by atoms with Crippen LogP contribution in [0.25, 0.3) is 0 Å². The highest BCUT2D eigenvalue weighted by atomic mass is 32.1. The molecule has 0 atom stereocenters. The number of hydrogen-bond acceptors (Lipinski definition) is 6. The molecule has 5 nitrogen and oxygen atoms in total. The number of nitrogens with zero attached hydrogens (tertiary/aromatic N) is 4. The summed E-state index contributed by atoms with van der Waals surface area (Å²) in [5, 5.41) is 1.05. The van der Waals surface area contributed by atoms with Crippen LogP contribution in [0, 0.1) is 0 Å². The van der Waals surface area contributed by atoms with E-state index in [4.69, 9.17) is 4.74 Å². The predicted octanol–water partition coefficient (Wildman–Crippen LogP) is 2.44. The Morgan fingerprint density at radius 1 is 1.13 bits per heavy atom. The van der Waals surface area contributed by atoms with Crippen molar-refractivity contribution in [2.24, 2.45) is 0 Å². The molecule has 1 aliphatic rings. The van der Waals surface area contributed by atoms with E-state index in [1.807, 2.05) is 18.2 Å². The van der Waals surface area contributed by atoms with Crippen molar-refractivity contribution in [1.82, 2.24) is 14.3 Å². The number of benzene rings is 1. The number of likely N-dealkylation sites (N-methyl/N-ethyl adjacent to an activating group) is 1. The first kappa shape index (κ1) is 16.4. The molecule has 2 heterocycles. The third-order valence-corrected chi connectivity index (χ3v) is 4.94. The molecule has 6 heteroatoms. The van der Waals surface area contributed by atoms with Gasteiger partial charge < -0.3 is 14.5 Å². The molecule has 124 valence electrons. The van der Waals surface area contributed by atoms with Crippen LogP contribution in [0.2, 0.25) is 0 Å². The summed E-state index contributed by atoms with van der Waals surface area (Å²) in [6.07, 6.45) is 0.776. The van der Waals surface area contributed by atoms with Gasteiger partial charge in [-0.15, -0.1) is 0 Å². The van der Waals surface area contributed by atoms with Gasteiger partial charge in [-0.3, -0.25) is 0 Å². The monoisotopic (exact) mass is 332 g/mol. The molecule has 0 radical (unpaired) electrons. The maximum atomic E-state index is 5.71. The average molecular weight is 332 g/mol. The van der Waals surface area contributed by atoms with Gasteiger partial charge in [0.1, 0.15) is 5.82 Å². The molecule has 1 saturated heterocycles. The summed E-state index contributed by atoms with van der Waals surface area (Å²) in [5.74, 6) is 0.899. The second-order valence-electron chi connectivity index (χ2n) is 5.70. The lowest BCUT2D eigenvalue weighted by atomic mass is 10.2. The van der Waals surface area contributed by atoms with Crippen molar-refractivity contribution >= 4 is 16.7 Å². The predicted molar refractivity (Wildman–Crippen MR) is 94.0 cm³/mol. The molecular formula is C17H24N4OS. The zero-order valence-electron chi connectivity index (χ0n) is 13.6. The molecule has 0 amide bonds. The van der Waals surface area contributed by atoms with Crippen LogP contribution in [0.3, 0.4) is 0 Å². The van der Waals surface area contributed by atoms with Gasteiger partial charge in [0.25, 0.3) is 0 Å². The highest BCUT2D eigenvalue weighted by molar-refractivity contribution is 7.09. The number of hydrogen-bond donors (Lipinski definition) is 0. The van der Waals surface area contributed by atoms with Crippen LogP contribution in [0.5, 0.6) is 0 Å². The number of piperazine rings is 1. The van der Waals surface area contributed by atoms with Crippen LogP contribution >= 0.6 is 11.5 Å². The molecule has 0 unspecified atom stereocenters. The van der Waals surface area contributed by atoms with Crippen LogP contribution in [0.15, 0.2) is 30.3 Å². The molecule has 0 N–H and O–H groups in total. The van der Waals surface area contributed by atoms with E-state index in [1.54, 1.807) is 0 Å². The molecule has 23 heavy (non-hydrogen) atoms. The fourth-order valence-corrected chi connectivity index (χ4v) is 3.42. The first-order chi connectivity index (χ1) is 11.3. The molecule has 3 rings (SSSR count). The lowest BCUT2D eigenvalue weighted by Crippen LogP contribution is -2.46. The van der Waals surface area contributed by atoms with Gasteiger partial charge in [0.05, 0.1) is 13.2 Å².